The summed E-state index contributed by atoms with van der Waals surface area (Å²) in [6, 6.07) is 0. The topological polar surface area (TPSA) is 53.6 Å². The highest BCUT2D eigenvalue weighted by molar-refractivity contribution is 5.78. The van der Waals surface area contributed by atoms with Crippen LogP contribution in [0.2, 0.25) is 0 Å². The Hall–Kier alpha value is -0.650. The van der Waals surface area contributed by atoms with Gasteiger partial charge >= 0.3 is 0 Å². The van der Waals surface area contributed by atoms with E-state index in [1.807, 2.05) is 0 Å². The van der Waals surface area contributed by atoms with Crippen LogP contribution in [0.4, 0.5) is 0 Å². The van der Waals surface area contributed by atoms with Gasteiger partial charge in [-0.05, 0) is 20.9 Å². The molecule has 0 saturated carbocycles. The van der Waals surface area contributed by atoms with Gasteiger partial charge in [0.2, 0.25) is 5.91 Å². The smallest absolute Gasteiger partial charge is 0.234 e. The number of carbonyl (C=O) groups excluding carboxylic acids is 1. The molecule has 2 N–H and O–H groups in total. The van der Waals surface area contributed by atoms with E-state index < -0.39 is 0 Å². The van der Waals surface area contributed by atoms with Crippen LogP contribution in [0.1, 0.15) is 13.8 Å². The first-order chi connectivity index (χ1) is 7.56. The van der Waals surface area contributed by atoms with Crippen molar-refractivity contribution in [2.75, 3.05) is 46.4 Å². The number of nitrogens with one attached hydrogen (secondary N) is 2. The predicted octanol–water partition coefficient (Wildman–Crippen LogP) is -0.567. The Morgan fingerprint density at radius 1 is 1.38 bits per heavy atom. The fourth-order valence-corrected chi connectivity index (χ4v) is 1.82. The molecule has 1 amide bonds. The number of rotatable bonds is 5. The molecule has 1 heterocycles. The first kappa shape index (κ1) is 13.4. The number of likely N-dealkylation sites (N-methyl/N-ethyl adjacent to an activating group) is 1. The molecule has 0 radical (unpaired) electrons. The van der Waals surface area contributed by atoms with Crippen molar-refractivity contribution in [3.05, 3.63) is 0 Å². The third kappa shape index (κ3) is 4.08. The molecular formula is C11H23N3O2. The number of amides is 1. The highest BCUT2D eigenvalue weighted by atomic mass is 16.5. The lowest BCUT2D eigenvalue weighted by atomic mass is 10.0. The maximum atomic E-state index is 11.4. The molecule has 94 valence electrons. The molecule has 5 heteroatoms. The molecule has 1 aliphatic heterocycles. The zero-order valence-corrected chi connectivity index (χ0v) is 10.5. The molecule has 5 nitrogen and oxygen atoms in total. The third-order valence-corrected chi connectivity index (χ3v) is 2.92. The van der Waals surface area contributed by atoms with Crippen LogP contribution in [0.3, 0.4) is 0 Å². The van der Waals surface area contributed by atoms with Gasteiger partial charge in [-0.15, -0.1) is 0 Å². The van der Waals surface area contributed by atoms with Gasteiger partial charge in [0.15, 0.2) is 0 Å². The van der Waals surface area contributed by atoms with Crippen LogP contribution in [0, 0.1) is 0 Å². The predicted molar refractivity (Wildman–Crippen MR) is 63.4 cm³/mol. The Kier molecular flexibility index (Phi) is 5.18. The fraction of sp³-hybridized carbons (Fsp3) is 0.909. The largest absolute Gasteiger partial charge is 0.379 e. The lowest BCUT2D eigenvalue weighted by Gasteiger charge is -2.40. The minimum atomic E-state index is -0.00676. The van der Waals surface area contributed by atoms with Crippen LogP contribution in [0.15, 0.2) is 0 Å². The number of hydrogen-bond donors (Lipinski definition) is 2. The molecule has 0 bridgehead atoms. The molecule has 0 spiro atoms. The average molecular weight is 229 g/mol. The van der Waals surface area contributed by atoms with Gasteiger partial charge in [-0.25, -0.2) is 0 Å². The minimum Gasteiger partial charge on any atom is -0.379 e. The first-order valence-corrected chi connectivity index (χ1v) is 5.80. The maximum Gasteiger partial charge on any atom is 0.234 e. The van der Waals surface area contributed by atoms with E-state index in [4.69, 9.17) is 4.74 Å². The Balaban J connectivity index is 2.34. The molecule has 0 unspecified atom stereocenters. The van der Waals surface area contributed by atoms with Gasteiger partial charge in [0.1, 0.15) is 0 Å². The molecule has 0 aliphatic carbocycles. The number of carbonyl (C=O) groups is 1. The molecular weight excluding hydrogens is 206 g/mol. The van der Waals surface area contributed by atoms with Gasteiger partial charge in [-0.2, -0.15) is 0 Å². The molecule has 1 saturated heterocycles. The van der Waals surface area contributed by atoms with Crippen molar-refractivity contribution in [3.63, 3.8) is 0 Å². The zero-order valence-electron chi connectivity index (χ0n) is 10.5. The molecule has 0 aromatic rings. The first-order valence-electron chi connectivity index (χ1n) is 5.80. The van der Waals surface area contributed by atoms with Crippen molar-refractivity contribution < 1.29 is 9.53 Å². The van der Waals surface area contributed by atoms with Crippen LogP contribution in [-0.2, 0) is 9.53 Å². The van der Waals surface area contributed by atoms with Crippen LogP contribution >= 0.6 is 0 Å². The second kappa shape index (κ2) is 6.18. The second-order valence-corrected chi connectivity index (χ2v) is 4.72. The van der Waals surface area contributed by atoms with Crippen molar-refractivity contribution in [1.82, 2.24) is 15.5 Å². The van der Waals surface area contributed by atoms with Crippen LogP contribution in [-0.4, -0.2) is 62.8 Å². The Labute approximate surface area is 97.5 Å². The van der Waals surface area contributed by atoms with Gasteiger partial charge in [-0.3, -0.25) is 9.69 Å². The number of ether oxygens (including phenoxy) is 1. The van der Waals surface area contributed by atoms with E-state index in [-0.39, 0.29) is 11.4 Å². The summed E-state index contributed by atoms with van der Waals surface area (Å²) in [5.74, 6) is 0.0452. The highest BCUT2D eigenvalue weighted by Gasteiger charge is 2.28. The van der Waals surface area contributed by atoms with E-state index in [0.717, 1.165) is 26.3 Å². The molecule has 0 atom stereocenters. The van der Waals surface area contributed by atoms with Crippen molar-refractivity contribution in [2.45, 2.75) is 19.4 Å². The van der Waals surface area contributed by atoms with Gasteiger partial charge in [0, 0.05) is 25.2 Å². The Morgan fingerprint density at radius 2 is 2.00 bits per heavy atom. The van der Waals surface area contributed by atoms with Crippen LogP contribution in [0.5, 0.6) is 0 Å². The van der Waals surface area contributed by atoms with Crippen LogP contribution < -0.4 is 10.6 Å². The van der Waals surface area contributed by atoms with Crippen molar-refractivity contribution in [2.24, 2.45) is 0 Å². The lowest BCUT2D eigenvalue weighted by molar-refractivity contribution is -0.120. The van der Waals surface area contributed by atoms with Crippen molar-refractivity contribution >= 4 is 5.91 Å². The van der Waals surface area contributed by atoms with Gasteiger partial charge in [-0.1, -0.05) is 0 Å². The minimum absolute atomic E-state index is 0.00676. The number of morpholine rings is 1. The van der Waals surface area contributed by atoms with Gasteiger partial charge < -0.3 is 15.4 Å². The molecule has 0 aromatic heterocycles. The van der Waals surface area contributed by atoms with E-state index >= 15 is 0 Å². The average Bonchev–Trinajstić information content (AvgIpc) is 2.28. The SMILES string of the molecule is CNCC(=O)NCC(C)(C)N1CCOCC1. The number of hydrogen-bond acceptors (Lipinski definition) is 4. The van der Waals surface area contributed by atoms with E-state index in [1.165, 1.54) is 0 Å². The summed E-state index contributed by atoms with van der Waals surface area (Å²) >= 11 is 0. The lowest BCUT2D eigenvalue weighted by Crippen LogP contribution is -2.55. The summed E-state index contributed by atoms with van der Waals surface area (Å²) in [4.78, 5) is 13.7. The normalized spacial score (nSPS) is 18.4. The summed E-state index contributed by atoms with van der Waals surface area (Å²) in [6.45, 7) is 8.80. The van der Waals surface area contributed by atoms with E-state index in [1.54, 1.807) is 7.05 Å². The Morgan fingerprint density at radius 3 is 2.56 bits per heavy atom. The third-order valence-electron chi connectivity index (χ3n) is 2.92. The van der Waals surface area contributed by atoms with E-state index in [0.29, 0.717) is 13.1 Å². The molecule has 1 fully saturated rings. The monoisotopic (exact) mass is 229 g/mol. The molecule has 16 heavy (non-hydrogen) atoms. The summed E-state index contributed by atoms with van der Waals surface area (Å²) in [5.41, 5.74) is -0.00676. The summed E-state index contributed by atoms with van der Waals surface area (Å²) in [7, 11) is 1.77. The van der Waals surface area contributed by atoms with E-state index in [2.05, 4.69) is 29.4 Å². The standard InChI is InChI=1S/C11H23N3O2/c1-11(2,9-13-10(15)8-12-3)14-4-6-16-7-5-14/h12H,4-9H2,1-3H3,(H,13,15). The molecule has 1 aliphatic rings. The fourth-order valence-electron chi connectivity index (χ4n) is 1.82. The van der Waals surface area contributed by atoms with Crippen LogP contribution in [0.25, 0.3) is 0 Å². The summed E-state index contributed by atoms with van der Waals surface area (Å²) in [5, 5.41) is 5.77. The van der Waals surface area contributed by atoms with E-state index in [9.17, 15) is 4.79 Å². The van der Waals surface area contributed by atoms with Crippen molar-refractivity contribution in [1.29, 1.82) is 0 Å². The quantitative estimate of drug-likeness (QED) is 0.663. The van der Waals surface area contributed by atoms with Gasteiger partial charge in [0.25, 0.3) is 0 Å². The Bertz CT molecular complexity index is 225. The van der Waals surface area contributed by atoms with Crippen molar-refractivity contribution in [3.8, 4) is 0 Å². The number of nitrogens with zero attached hydrogens (tertiary/aromatic N) is 1. The highest BCUT2D eigenvalue weighted by Crippen LogP contribution is 2.14. The zero-order chi connectivity index (χ0) is 12.0. The summed E-state index contributed by atoms with van der Waals surface area (Å²) < 4.78 is 5.32. The summed E-state index contributed by atoms with van der Waals surface area (Å²) in [6.07, 6.45) is 0. The van der Waals surface area contributed by atoms with Gasteiger partial charge in [0.05, 0.1) is 19.8 Å². The second-order valence-electron chi connectivity index (χ2n) is 4.72. The molecule has 1 rings (SSSR count). The molecule has 0 aromatic carbocycles. The maximum absolute atomic E-state index is 11.4.